The molecule has 1 aromatic carbocycles. The summed E-state index contributed by atoms with van der Waals surface area (Å²) in [6.07, 6.45) is -4.38. The molecular formula is C14H17BrF3NO. The molecular weight excluding hydrogens is 335 g/mol. The second-order valence-corrected chi connectivity index (χ2v) is 5.99. The molecule has 0 saturated heterocycles. The number of amides is 1. The number of nitrogens with one attached hydrogen (secondary N) is 1. The Balaban J connectivity index is 2.83. The predicted molar refractivity (Wildman–Crippen MR) is 75.6 cm³/mol. The summed E-state index contributed by atoms with van der Waals surface area (Å²) in [5.41, 5.74) is -0.285. The van der Waals surface area contributed by atoms with Crippen molar-refractivity contribution in [3.63, 3.8) is 0 Å². The van der Waals surface area contributed by atoms with E-state index < -0.39 is 17.8 Å². The van der Waals surface area contributed by atoms with Crippen molar-refractivity contribution >= 4 is 21.8 Å². The molecule has 1 aromatic rings. The van der Waals surface area contributed by atoms with E-state index >= 15 is 0 Å². The first-order valence-electron chi connectivity index (χ1n) is 6.24. The standard InChI is InChI=1S/C14H17BrF3NO/c1-8(2)12(15)13(20)19-9(3)10-5-4-6-11(7-10)14(16,17)18/h4-9,12H,1-3H3,(H,19,20). The molecule has 0 radical (unpaired) electrons. The molecule has 0 spiro atoms. The number of carbonyl (C=O) groups is 1. The topological polar surface area (TPSA) is 29.1 Å². The van der Waals surface area contributed by atoms with Gasteiger partial charge in [0.15, 0.2) is 0 Å². The van der Waals surface area contributed by atoms with Crippen LogP contribution in [0.4, 0.5) is 13.2 Å². The maximum absolute atomic E-state index is 12.6. The summed E-state index contributed by atoms with van der Waals surface area (Å²) in [6.45, 7) is 5.43. The number of halogens is 4. The minimum atomic E-state index is -4.38. The van der Waals surface area contributed by atoms with E-state index in [9.17, 15) is 18.0 Å². The number of carbonyl (C=O) groups excluding carboxylic acids is 1. The van der Waals surface area contributed by atoms with E-state index in [1.54, 1.807) is 13.0 Å². The molecule has 6 heteroatoms. The Kier molecular flexibility index (Phi) is 5.62. The van der Waals surface area contributed by atoms with Gasteiger partial charge >= 0.3 is 6.18 Å². The first-order chi connectivity index (χ1) is 9.12. The van der Waals surface area contributed by atoms with Gasteiger partial charge in [0.05, 0.1) is 16.4 Å². The maximum atomic E-state index is 12.6. The van der Waals surface area contributed by atoms with Gasteiger partial charge < -0.3 is 5.32 Å². The second kappa shape index (κ2) is 6.61. The molecule has 112 valence electrons. The summed E-state index contributed by atoms with van der Waals surface area (Å²) in [6, 6.07) is 4.50. The van der Waals surface area contributed by atoms with E-state index in [0.29, 0.717) is 5.56 Å². The van der Waals surface area contributed by atoms with Crippen LogP contribution in [0.1, 0.15) is 37.9 Å². The molecule has 0 fully saturated rings. The highest BCUT2D eigenvalue weighted by Crippen LogP contribution is 2.30. The van der Waals surface area contributed by atoms with Gasteiger partial charge in [0.2, 0.25) is 5.91 Å². The van der Waals surface area contributed by atoms with Crippen LogP contribution in [0.2, 0.25) is 0 Å². The van der Waals surface area contributed by atoms with Crippen LogP contribution in [0.5, 0.6) is 0 Å². The molecule has 1 amide bonds. The van der Waals surface area contributed by atoms with Crippen molar-refractivity contribution in [1.82, 2.24) is 5.32 Å². The number of benzene rings is 1. The van der Waals surface area contributed by atoms with Crippen molar-refractivity contribution in [3.05, 3.63) is 35.4 Å². The molecule has 1 N–H and O–H groups in total. The quantitative estimate of drug-likeness (QED) is 0.805. The van der Waals surface area contributed by atoms with Crippen molar-refractivity contribution in [2.24, 2.45) is 5.92 Å². The summed E-state index contributed by atoms with van der Waals surface area (Å²) in [5, 5.41) is 2.70. The molecule has 0 aliphatic rings. The van der Waals surface area contributed by atoms with Gasteiger partial charge in [-0.25, -0.2) is 0 Å². The minimum absolute atomic E-state index is 0.101. The van der Waals surface area contributed by atoms with Crippen molar-refractivity contribution in [1.29, 1.82) is 0 Å². The Morgan fingerprint density at radius 1 is 1.25 bits per heavy atom. The maximum Gasteiger partial charge on any atom is 0.416 e. The Hall–Kier alpha value is -1.04. The number of hydrogen-bond acceptors (Lipinski definition) is 1. The summed E-state index contributed by atoms with van der Waals surface area (Å²) in [7, 11) is 0. The van der Waals surface area contributed by atoms with Crippen molar-refractivity contribution in [2.45, 2.75) is 37.8 Å². The van der Waals surface area contributed by atoms with Crippen molar-refractivity contribution in [3.8, 4) is 0 Å². The Morgan fingerprint density at radius 3 is 2.35 bits per heavy atom. The fourth-order valence-corrected chi connectivity index (χ4v) is 1.80. The molecule has 0 aromatic heterocycles. The third kappa shape index (κ3) is 4.51. The smallest absolute Gasteiger partial charge is 0.349 e. The summed E-state index contributed by atoms with van der Waals surface area (Å²) in [5.74, 6) is -0.131. The first kappa shape index (κ1) is 17.0. The minimum Gasteiger partial charge on any atom is -0.349 e. The van der Waals surface area contributed by atoms with E-state index in [2.05, 4.69) is 21.2 Å². The van der Waals surface area contributed by atoms with Gasteiger partial charge in [-0.1, -0.05) is 41.9 Å². The van der Waals surface area contributed by atoms with E-state index in [-0.39, 0.29) is 16.7 Å². The van der Waals surface area contributed by atoms with Crippen LogP contribution in [-0.2, 0) is 11.0 Å². The van der Waals surface area contributed by atoms with E-state index in [4.69, 9.17) is 0 Å². The summed E-state index contributed by atoms with van der Waals surface area (Å²) < 4.78 is 37.9. The lowest BCUT2D eigenvalue weighted by atomic mass is 10.0. The third-order valence-electron chi connectivity index (χ3n) is 2.91. The largest absolute Gasteiger partial charge is 0.416 e. The molecule has 2 unspecified atom stereocenters. The van der Waals surface area contributed by atoms with Crippen LogP contribution in [0.15, 0.2) is 24.3 Å². The predicted octanol–water partition coefficient (Wildman–Crippen LogP) is 4.30. The van der Waals surface area contributed by atoms with Crippen LogP contribution >= 0.6 is 15.9 Å². The highest BCUT2D eigenvalue weighted by atomic mass is 79.9. The first-order valence-corrected chi connectivity index (χ1v) is 7.16. The fraction of sp³-hybridized carbons (Fsp3) is 0.500. The summed E-state index contributed by atoms with van der Waals surface area (Å²) >= 11 is 3.26. The molecule has 2 nitrogen and oxygen atoms in total. The lowest BCUT2D eigenvalue weighted by Crippen LogP contribution is -2.35. The highest BCUT2D eigenvalue weighted by molar-refractivity contribution is 9.10. The van der Waals surface area contributed by atoms with Gasteiger partial charge in [0.1, 0.15) is 0 Å². The van der Waals surface area contributed by atoms with Crippen LogP contribution in [-0.4, -0.2) is 10.7 Å². The monoisotopic (exact) mass is 351 g/mol. The average Bonchev–Trinajstić information content (AvgIpc) is 2.36. The lowest BCUT2D eigenvalue weighted by Gasteiger charge is -2.19. The number of hydrogen-bond donors (Lipinski definition) is 1. The lowest BCUT2D eigenvalue weighted by molar-refractivity contribution is -0.137. The molecule has 20 heavy (non-hydrogen) atoms. The Bertz CT molecular complexity index is 474. The van der Waals surface area contributed by atoms with Crippen LogP contribution in [0.25, 0.3) is 0 Å². The number of rotatable bonds is 4. The average molecular weight is 352 g/mol. The zero-order valence-electron chi connectivity index (χ0n) is 11.5. The summed E-state index contributed by atoms with van der Waals surface area (Å²) in [4.78, 5) is 11.5. The number of alkyl halides is 4. The van der Waals surface area contributed by atoms with Crippen LogP contribution in [0.3, 0.4) is 0 Å². The Morgan fingerprint density at radius 2 is 1.85 bits per heavy atom. The molecule has 1 rings (SSSR count). The fourth-order valence-electron chi connectivity index (χ4n) is 1.66. The van der Waals surface area contributed by atoms with E-state index in [1.165, 1.54) is 6.07 Å². The van der Waals surface area contributed by atoms with Gasteiger partial charge in [-0.05, 0) is 30.5 Å². The van der Waals surface area contributed by atoms with Gasteiger partial charge in [-0.2, -0.15) is 13.2 Å². The SMILES string of the molecule is CC(NC(=O)C(Br)C(C)C)c1cccc(C(F)(F)F)c1. The molecule has 0 saturated carbocycles. The van der Waals surface area contributed by atoms with Gasteiger partial charge in [-0.15, -0.1) is 0 Å². The van der Waals surface area contributed by atoms with Gasteiger partial charge in [-0.3, -0.25) is 4.79 Å². The van der Waals surface area contributed by atoms with Gasteiger partial charge in [0.25, 0.3) is 0 Å². The highest BCUT2D eigenvalue weighted by Gasteiger charge is 2.31. The molecule has 2 atom stereocenters. The molecule has 0 aliphatic carbocycles. The van der Waals surface area contributed by atoms with E-state index in [0.717, 1.165) is 12.1 Å². The molecule has 0 bridgehead atoms. The van der Waals surface area contributed by atoms with Crippen molar-refractivity contribution < 1.29 is 18.0 Å². The molecule has 0 heterocycles. The normalized spacial score (nSPS) is 15.0. The van der Waals surface area contributed by atoms with Gasteiger partial charge in [0, 0.05) is 0 Å². The third-order valence-corrected chi connectivity index (χ3v) is 4.38. The van der Waals surface area contributed by atoms with Crippen LogP contribution < -0.4 is 5.32 Å². The van der Waals surface area contributed by atoms with E-state index in [1.807, 2.05) is 13.8 Å². The second-order valence-electron chi connectivity index (χ2n) is 5.00. The Labute approximate surface area is 124 Å². The zero-order chi connectivity index (χ0) is 15.5. The van der Waals surface area contributed by atoms with Crippen LogP contribution in [0, 0.1) is 5.92 Å². The van der Waals surface area contributed by atoms with Crippen molar-refractivity contribution in [2.75, 3.05) is 0 Å². The molecule has 0 aliphatic heterocycles. The zero-order valence-corrected chi connectivity index (χ0v) is 13.0.